The summed E-state index contributed by atoms with van der Waals surface area (Å²) >= 11 is 0. The van der Waals surface area contributed by atoms with E-state index < -0.39 is 33.1 Å². The number of methoxy groups -OCH3 is 1. The third kappa shape index (κ3) is 3.06. The summed E-state index contributed by atoms with van der Waals surface area (Å²) in [6.07, 6.45) is -2.06. The van der Waals surface area contributed by atoms with Crippen LogP contribution < -0.4 is 0 Å². The normalized spacial score (nSPS) is 23.3. The zero-order valence-electron chi connectivity index (χ0n) is 14.1. The number of aryl methyl sites for hydroxylation is 1. The third-order valence-corrected chi connectivity index (χ3v) is 5.92. The van der Waals surface area contributed by atoms with Crippen LogP contribution in [0.1, 0.15) is 19.4 Å². The van der Waals surface area contributed by atoms with Gasteiger partial charge in [0.25, 0.3) is 0 Å². The average Bonchev–Trinajstić information content (AvgIpc) is 3.32. The first kappa shape index (κ1) is 18.9. The number of carbonyl (C=O) groups excluding carboxylic acids is 1. The number of hydrogen-bond acceptors (Lipinski definition) is 7. The second kappa shape index (κ2) is 7.18. The molecule has 7 nitrogen and oxygen atoms in total. The molecule has 0 saturated carbocycles. The van der Waals surface area contributed by atoms with E-state index in [0.29, 0.717) is 0 Å². The Labute approximate surface area is 141 Å². The van der Waals surface area contributed by atoms with Gasteiger partial charge in [-0.3, -0.25) is 0 Å². The van der Waals surface area contributed by atoms with Crippen molar-refractivity contribution in [1.29, 1.82) is 0 Å². The number of esters is 1. The molecule has 0 unspecified atom stereocenters. The zero-order valence-corrected chi connectivity index (χ0v) is 15.0. The Hall–Kier alpha value is -1.48. The highest BCUT2D eigenvalue weighted by Gasteiger charge is 2.76. The maximum Gasteiger partial charge on any atom is 0.357 e. The SMILES string of the molecule is CCOC(OCC)[C@@H]1O[C@@]1(C(=O)OC)S(=O)(=O)c1ccc(C)cc1. The van der Waals surface area contributed by atoms with Gasteiger partial charge in [-0.25, -0.2) is 13.2 Å². The van der Waals surface area contributed by atoms with Gasteiger partial charge in [-0.1, -0.05) is 17.7 Å². The predicted octanol–water partition coefficient (Wildman–Crippen LogP) is 1.44. The Bertz CT molecular complexity index is 677. The predicted molar refractivity (Wildman–Crippen MR) is 85.0 cm³/mol. The first-order chi connectivity index (χ1) is 11.3. The van der Waals surface area contributed by atoms with Crippen LogP contribution >= 0.6 is 0 Å². The second-order valence-electron chi connectivity index (χ2n) is 5.29. The van der Waals surface area contributed by atoms with Crippen molar-refractivity contribution in [2.45, 2.75) is 43.0 Å². The molecule has 8 heteroatoms. The van der Waals surface area contributed by atoms with Crippen molar-refractivity contribution in [2.24, 2.45) is 0 Å². The van der Waals surface area contributed by atoms with E-state index >= 15 is 0 Å². The Morgan fingerprint density at radius 3 is 2.21 bits per heavy atom. The molecule has 0 aromatic heterocycles. The standard InChI is InChI=1S/C16H22O7S/c1-5-21-14(22-6-2)13-16(23-13,15(17)20-4)24(18,19)12-9-7-11(3)8-10-12/h7-10,13-14H,5-6H2,1-4H3/t13-,16+/m0/s1. The molecule has 1 aromatic rings. The second-order valence-corrected chi connectivity index (χ2v) is 7.38. The van der Waals surface area contributed by atoms with Crippen LogP contribution in [-0.4, -0.2) is 52.0 Å². The van der Waals surface area contributed by atoms with Gasteiger partial charge < -0.3 is 18.9 Å². The van der Waals surface area contributed by atoms with Gasteiger partial charge in [0.2, 0.25) is 9.84 Å². The minimum Gasteiger partial charge on any atom is -0.466 e. The largest absolute Gasteiger partial charge is 0.466 e. The van der Waals surface area contributed by atoms with E-state index in [4.69, 9.17) is 18.9 Å². The van der Waals surface area contributed by atoms with Crippen LogP contribution in [0.15, 0.2) is 29.2 Å². The van der Waals surface area contributed by atoms with E-state index in [1.165, 1.54) is 12.1 Å². The Morgan fingerprint density at radius 2 is 1.75 bits per heavy atom. The van der Waals surface area contributed by atoms with Crippen LogP contribution in [0, 0.1) is 6.92 Å². The number of rotatable bonds is 8. The number of carbonyl (C=O) groups is 1. The highest BCUT2D eigenvalue weighted by Crippen LogP contribution is 2.48. The lowest BCUT2D eigenvalue weighted by Gasteiger charge is -2.17. The topological polar surface area (TPSA) is 91.4 Å². The zero-order chi connectivity index (χ0) is 18.0. The molecule has 1 aromatic carbocycles. The van der Waals surface area contributed by atoms with Crippen molar-refractivity contribution in [3.63, 3.8) is 0 Å². The lowest BCUT2D eigenvalue weighted by Crippen LogP contribution is -2.42. The van der Waals surface area contributed by atoms with Crippen LogP contribution in [0.2, 0.25) is 0 Å². The molecule has 1 fully saturated rings. The van der Waals surface area contributed by atoms with Gasteiger partial charge in [-0.2, -0.15) is 0 Å². The average molecular weight is 358 g/mol. The molecule has 0 aliphatic carbocycles. The van der Waals surface area contributed by atoms with Gasteiger partial charge in [-0.15, -0.1) is 0 Å². The monoisotopic (exact) mass is 358 g/mol. The summed E-state index contributed by atoms with van der Waals surface area (Å²) < 4.78 is 46.9. The molecule has 0 amide bonds. The summed E-state index contributed by atoms with van der Waals surface area (Å²) in [5, 5.41) is 0. The van der Waals surface area contributed by atoms with Crippen molar-refractivity contribution < 1.29 is 32.2 Å². The molecule has 134 valence electrons. The van der Waals surface area contributed by atoms with Crippen LogP contribution in [-0.2, 0) is 33.6 Å². The number of ether oxygens (including phenoxy) is 4. The molecule has 24 heavy (non-hydrogen) atoms. The van der Waals surface area contributed by atoms with Crippen LogP contribution in [0.4, 0.5) is 0 Å². The highest BCUT2D eigenvalue weighted by molar-refractivity contribution is 7.93. The van der Waals surface area contributed by atoms with Gasteiger partial charge in [0.1, 0.15) is 0 Å². The number of sulfone groups is 1. The lowest BCUT2D eigenvalue weighted by atomic mass is 10.2. The van der Waals surface area contributed by atoms with Gasteiger partial charge in [0, 0.05) is 13.2 Å². The molecule has 1 aliphatic heterocycles. The van der Waals surface area contributed by atoms with Crippen molar-refractivity contribution in [3.8, 4) is 0 Å². The van der Waals surface area contributed by atoms with E-state index in [0.717, 1.165) is 12.7 Å². The molecule has 0 radical (unpaired) electrons. The van der Waals surface area contributed by atoms with E-state index in [-0.39, 0.29) is 18.1 Å². The molecule has 1 saturated heterocycles. The van der Waals surface area contributed by atoms with E-state index in [9.17, 15) is 13.2 Å². The first-order valence-corrected chi connectivity index (χ1v) is 9.14. The number of hydrogen-bond donors (Lipinski definition) is 0. The maximum atomic E-state index is 13.0. The molecule has 0 spiro atoms. The maximum absolute atomic E-state index is 13.0. The summed E-state index contributed by atoms with van der Waals surface area (Å²) in [4.78, 5) is 10.1. The van der Waals surface area contributed by atoms with E-state index in [2.05, 4.69) is 0 Å². The van der Waals surface area contributed by atoms with Crippen LogP contribution in [0.25, 0.3) is 0 Å². The number of benzene rings is 1. The lowest BCUT2D eigenvalue weighted by molar-refractivity contribution is -0.150. The van der Waals surface area contributed by atoms with E-state index in [1.54, 1.807) is 26.0 Å². The molecule has 0 N–H and O–H groups in total. The summed E-state index contributed by atoms with van der Waals surface area (Å²) in [6.45, 7) is 5.88. The van der Waals surface area contributed by atoms with Crippen molar-refractivity contribution in [3.05, 3.63) is 29.8 Å². The van der Waals surface area contributed by atoms with Crippen LogP contribution in [0.5, 0.6) is 0 Å². The first-order valence-electron chi connectivity index (χ1n) is 7.65. The highest BCUT2D eigenvalue weighted by atomic mass is 32.2. The third-order valence-electron chi connectivity index (χ3n) is 3.73. The fourth-order valence-electron chi connectivity index (χ4n) is 2.47. The number of epoxide rings is 1. The van der Waals surface area contributed by atoms with Gasteiger partial charge >= 0.3 is 10.9 Å². The molecule has 1 heterocycles. The van der Waals surface area contributed by atoms with Crippen molar-refractivity contribution >= 4 is 15.8 Å². The summed E-state index contributed by atoms with van der Waals surface area (Å²) in [5.74, 6) is -0.988. The summed E-state index contributed by atoms with van der Waals surface area (Å²) in [6, 6.07) is 6.17. The Kier molecular flexibility index (Phi) is 5.64. The Balaban J connectivity index is 2.43. The van der Waals surface area contributed by atoms with Gasteiger partial charge in [-0.05, 0) is 32.9 Å². The molecule has 0 bridgehead atoms. The molecular weight excluding hydrogens is 336 g/mol. The minimum atomic E-state index is -4.14. The molecular formula is C16H22O7S. The van der Waals surface area contributed by atoms with Gasteiger partial charge in [0.05, 0.1) is 12.0 Å². The quantitative estimate of drug-likeness (QED) is 0.394. The fraction of sp³-hybridized carbons (Fsp3) is 0.562. The minimum absolute atomic E-state index is 0.0206. The smallest absolute Gasteiger partial charge is 0.357 e. The molecule has 1 aliphatic rings. The summed E-state index contributed by atoms with van der Waals surface area (Å²) in [5.41, 5.74) is 0.899. The van der Waals surface area contributed by atoms with Gasteiger partial charge in [0.15, 0.2) is 12.4 Å². The Morgan fingerprint density at radius 1 is 1.21 bits per heavy atom. The van der Waals surface area contributed by atoms with Crippen LogP contribution in [0.3, 0.4) is 0 Å². The molecule has 2 atom stereocenters. The summed E-state index contributed by atoms with van der Waals surface area (Å²) in [7, 11) is -3.03. The van der Waals surface area contributed by atoms with E-state index in [1.807, 2.05) is 6.92 Å². The van der Waals surface area contributed by atoms with Crippen molar-refractivity contribution in [2.75, 3.05) is 20.3 Å². The fourth-order valence-corrected chi connectivity index (χ4v) is 4.26. The molecule has 2 rings (SSSR count). The van der Waals surface area contributed by atoms with Crippen molar-refractivity contribution in [1.82, 2.24) is 0 Å².